The van der Waals surface area contributed by atoms with Gasteiger partial charge >= 0.3 is 233 Å². The van der Waals surface area contributed by atoms with Crippen molar-refractivity contribution in [2.24, 2.45) is 0 Å². The number of ether oxygens (including phenoxy) is 1. The predicted molar refractivity (Wildman–Crippen MR) is 157 cm³/mol. The summed E-state index contributed by atoms with van der Waals surface area (Å²) < 4.78 is 36.9. The molecule has 0 radical (unpaired) electrons. The average Bonchev–Trinajstić information content (AvgIpc) is 3.61. The zero-order chi connectivity index (χ0) is 29.0. The zero-order valence-corrected chi connectivity index (χ0v) is 25.0. The van der Waals surface area contributed by atoms with E-state index in [2.05, 4.69) is 21.9 Å². The number of nitrogens with zero attached hydrogens (tertiary/aromatic N) is 1. The molecule has 3 rings (SSSR count). The maximum atomic E-state index is 12.7. The van der Waals surface area contributed by atoms with Gasteiger partial charge in [-0.3, -0.25) is 0 Å². The Bertz CT molecular complexity index is 1220. The Hall–Kier alpha value is -2.66. The van der Waals surface area contributed by atoms with E-state index in [-0.39, 0.29) is 24.1 Å². The number of hydrogen-bond donors (Lipinski definition) is 2. The summed E-state index contributed by atoms with van der Waals surface area (Å²) in [5, 5.41) is 3.01. The minimum absolute atomic E-state index is 0.0390. The average molecular weight is 574 g/mol. The van der Waals surface area contributed by atoms with E-state index < -0.39 is 15.9 Å². The van der Waals surface area contributed by atoms with Crippen molar-refractivity contribution in [1.29, 1.82) is 0 Å². The van der Waals surface area contributed by atoms with E-state index >= 15 is 0 Å². The van der Waals surface area contributed by atoms with Gasteiger partial charge in [-0.2, -0.15) is 0 Å². The third-order valence-electron chi connectivity index (χ3n) is 7.45. The van der Waals surface area contributed by atoms with Gasteiger partial charge in [-0.05, 0) is 6.92 Å². The molecule has 1 atom stereocenters. The molecule has 2 aromatic rings. The fourth-order valence-electron chi connectivity index (χ4n) is 5.08. The molecule has 1 aromatic heterocycles. The van der Waals surface area contributed by atoms with Crippen molar-refractivity contribution < 1.29 is 27.2 Å². The predicted octanol–water partition coefficient (Wildman–Crippen LogP) is 4.45. The van der Waals surface area contributed by atoms with Gasteiger partial charge in [-0.25, -0.2) is 0 Å². The molecule has 1 saturated heterocycles. The molecular formula is C29H44BN3O6S. The molecule has 0 unspecified atom stereocenters. The number of carbonyl (C=O) groups excluding carboxylic acids is 2. The van der Waals surface area contributed by atoms with Gasteiger partial charge in [-0.1, -0.05) is 0 Å². The van der Waals surface area contributed by atoms with Crippen LogP contribution >= 0.6 is 0 Å². The van der Waals surface area contributed by atoms with E-state index in [1.165, 1.54) is 32.6 Å². The summed E-state index contributed by atoms with van der Waals surface area (Å²) in [5.74, 6) is -0.0417. The van der Waals surface area contributed by atoms with Crippen LogP contribution in [0.2, 0.25) is 0 Å². The maximum absolute atomic E-state index is 12.7. The molecule has 40 heavy (non-hydrogen) atoms. The number of benzene rings is 1. The number of carbonyl (C=O) groups is 2. The van der Waals surface area contributed by atoms with Crippen molar-refractivity contribution in [2.75, 3.05) is 26.0 Å². The van der Waals surface area contributed by atoms with Crippen LogP contribution in [0.5, 0.6) is 5.75 Å². The van der Waals surface area contributed by atoms with Gasteiger partial charge in [0.1, 0.15) is 0 Å². The van der Waals surface area contributed by atoms with Crippen LogP contribution in [0, 0.1) is 0 Å². The summed E-state index contributed by atoms with van der Waals surface area (Å²) in [7, 11) is -1.97. The van der Waals surface area contributed by atoms with Crippen LogP contribution in [0.4, 0.5) is 0 Å². The number of methoxy groups -OCH3 is 1. The number of aryl methyl sites for hydroxylation is 1. The number of unbranched alkanes of at least 4 members (excludes halogenated alkanes) is 5. The fourth-order valence-corrected chi connectivity index (χ4v) is 5.67. The van der Waals surface area contributed by atoms with E-state index in [0.717, 1.165) is 54.8 Å². The third kappa shape index (κ3) is 9.76. The summed E-state index contributed by atoms with van der Waals surface area (Å²) >= 11 is 0. The summed E-state index contributed by atoms with van der Waals surface area (Å²) in [6.45, 7) is 7.71. The first-order valence-electron chi connectivity index (χ1n) is 14.6. The number of rotatable bonds is 17. The van der Waals surface area contributed by atoms with Crippen molar-refractivity contribution >= 4 is 28.7 Å². The number of sulfonamides is 1. The van der Waals surface area contributed by atoms with Crippen LogP contribution in [-0.2, 0) is 27.8 Å². The molecular weight excluding hydrogens is 529 g/mol. The summed E-state index contributed by atoms with van der Waals surface area (Å²) in [6.07, 6.45) is 11.0. The van der Waals surface area contributed by atoms with Crippen LogP contribution in [0.15, 0.2) is 28.9 Å². The van der Waals surface area contributed by atoms with E-state index in [1.807, 2.05) is 25.1 Å². The summed E-state index contributed by atoms with van der Waals surface area (Å²) in [5.41, 5.74) is 3.30. The quantitative estimate of drug-likeness (QED) is 0.269. The molecule has 220 valence electrons. The molecule has 11 heteroatoms. The van der Waals surface area contributed by atoms with Crippen LogP contribution in [0.25, 0.3) is 0 Å². The first kappa shape index (κ1) is 31.9. The second-order valence-electron chi connectivity index (χ2n) is 10.5. The Morgan fingerprint density at radius 3 is 2.65 bits per heavy atom. The molecule has 1 aromatic carbocycles. The molecule has 1 aliphatic heterocycles. The zero-order valence-electron chi connectivity index (χ0n) is 24.2. The molecule has 0 aliphatic carbocycles. The van der Waals surface area contributed by atoms with Gasteiger partial charge in [0.05, 0.1) is 0 Å². The van der Waals surface area contributed by atoms with Crippen LogP contribution in [-0.4, -0.2) is 58.0 Å². The van der Waals surface area contributed by atoms with E-state index in [0.29, 0.717) is 25.0 Å². The Morgan fingerprint density at radius 2 is 1.90 bits per heavy atom. The van der Waals surface area contributed by atoms with Crippen molar-refractivity contribution in [2.45, 2.75) is 90.6 Å². The minimum atomic E-state index is -3.58. The molecule has 1 fully saturated rings. The van der Waals surface area contributed by atoms with Crippen LogP contribution in [0.1, 0.15) is 105 Å². The van der Waals surface area contributed by atoms with Gasteiger partial charge in [-0.15, -0.1) is 0 Å². The molecule has 0 spiro atoms. The molecule has 9 nitrogen and oxygen atoms in total. The normalized spacial score (nSPS) is 15.6. The van der Waals surface area contributed by atoms with Crippen molar-refractivity contribution in [3.63, 3.8) is 0 Å². The second kappa shape index (κ2) is 16.0. The topological polar surface area (TPSA) is 118 Å². The van der Waals surface area contributed by atoms with Crippen LogP contribution < -0.4 is 14.8 Å². The van der Waals surface area contributed by atoms with Crippen molar-refractivity contribution in [3.8, 4) is 5.75 Å². The molecule has 1 aliphatic rings. The molecule has 0 bridgehead atoms. The van der Waals surface area contributed by atoms with E-state index in [9.17, 15) is 18.0 Å². The van der Waals surface area contributed by atoms with E-state index in [1.54, 1.807) is 13.4 Å². The van der Waals surface area contributed by atoms with Gasteiger partial charge in [0.15, 0.2) is 0 Å². The first-order valence-corrected chi connectivity index (χ1v) is 16.2. The number of nitrogens with one attached hydrogen (secondary N) is 2. The Morgan fingerprint density at radius 1 is 1.12 bits per heavy atom. The Balaban J connectivity index is 1.60. The second-order valence-corrected chi connectivity index (χ2v) is 12.5. The first-order chi connectivity index (χ1) is 19.3. The summed E-state index contributed by atoms with van der Waals surface area (Å²) in [4.78, 5) is 27.2. The molecule has 2 N–H and O–H groups in total. The number of amides is 2. The molecule has 0 saturated carbocycles. The van der Waals surface area contributed by atoms with Gasteiger partial charge in [0.2, 0.25) is 0 Å². The third-order valence-corrected chi connectivity index (χ3v) is 8.75. The van der Waals surface area contributed by atoms with Gasteiger partial charge in [0, 0.05) is 0 Å². The Kier molecular flexibility index (Phi) is 12.7. The fraction of sp³-hybridized carbons (Fsp3) is 0.621. The van der Waals surface area contributed by atoms with Gasteiger partial charge in [0.25, 0.3) is 0 Å². The van der Waals surface area contributed by atoms with E-state index in [4.69, 9.17) is 9.15 Å². The number of hydrogen-bond acceptors (Lipinski definition) is 7. The monoisotopic (exact) mass is 573 g/mol. The van der Waals surface area contributed by atoms with Crippen LogP contribution in [0.3, 0.4) is 0 Å². The molecule has 2 heterocycles. The number of likely N-dealkylation sites (tertiary alicyclic amines) is 1. The standard InChI is InChI=1S/C29H44BN3O6S/c1-4-6-7-8-9-10-17-31-29(35)25-21-39-28(30-25)26-12-11-18-33(26)20-23-19-24(38-3)15-13-22(23)14-16-27(34)32-40(36,37)5-2/h13,15,19,21,26H,4-12,14,16-18,20H2,1-3H3,(H,31,35)(H,32,34)/t26-/m0/s1. The van der Waals surface area contributed by atoms with Crippen molar-refractivity contribution in [3.05, 3.63) is 46.7 Å². The SMILES string of the molecule is CCCCCCCCNC(=O)c1bc([C@@H]2CCCN2Cc2cc(OC)ccc2CCC(=O)NS(=O)(=O)CC)oc1. The van der Waals surface area contributed by atoms with Gasteiger partial charge < -0.3 is 0 Å². The molecule has 2 amide bonds. The Labute approximate surface area is 239 Å². The summed E-state index contributed by atoms with van der Waals surface area (Å²) in [6, 6.07) is 5.79. The van der Waals surface area contributed by atoms with Crippen molar-refractivity contribution in [1.82, 2.24) is 14.9 Å².